The zero-order valence-electron chi connectivity index (χ0n) is 21.7. The van der Waals surface area contributed by atoms with Crippen LogP contribution in [0, 0.1) is 0 Å². The number of oxazole rings is 1. The van der Waals surface area contributed by atoms with Crippen LogP contribution in [0.4, 0.5) is 18.9 Å². The van der Waals surface area contributed by atoms with Crippen molar-refractivity contribution in [2.45, 2.75) is 24.7 Å². The van der Waals surface area contributed by atoms with E-state index in [1.54, 1.807) is 36.4 Å². The number of nitrogens with zero attached hydrogens (tertiary/aromatic N) is 1. The number of amides is 1. The van der Waals surface area contributed by atoms with E-state index >= 15 is 0 Å². The molecule has 4 rings (SSSR count). The van der Waals surface area contributed by atoms with Crippen molar-refractivity contribution in [1.82, 2.24) is 10.3 Å². The summed E-state index contributed by atoms with van der Waals surface area (Å²) in [6.07, 6.45) is -3.72. The van der Waals surface area contributed by atoms with E-state index in [2.05, 4.69) is 15.6 Å². The molecule has 41 heavy (non-hydrogen) atoms. The number of nitrogens with one attached hydrogen (secondary N) is 2. The number of para-hydroxylation sites is 1. The molecule has 0 saturated carbocycles. The summed E-state index contributed by atoms with van der Waals surface area (Å²) in [5, 5.41) is 25.8. The van der Waals surface area contributed by atoms with E-state index in [0.717, 1.165) is 24.1 Å². The van der Waals surface area contributed by atoms with E-state index in [0.29, 0.717) is 17.9 Å². The lowest BCUT2D eigenvalue weighted by Gasteiger charge is -2.19. The summed E-state index contributed by atoms with van der Waals surface area (Å²) in [4.78, 5) is 16.7. The fourth-order valence-electron chi connectivity index (χ4n) is 3.89. The first-order valence-electron chi connectivity index (χ1n) is 12.4. The third kappa shape index (κ3) is 9.05. The molecule has 2 atom stereocenters. The van der Waals surface area contributed by atoms with Crippen LogP contribution in [-0.2, 0) is 12.6 Å². The molecule has 0 spiro atoms. The van der Waals surface area contributed by atoms with Gasteiger partial charge in [0.05, 0.1) is 12.2 Å². The molecule has 1 aromatic heterocycles. The first-order chi connectivity index (χ1) is 19.2. The van der Waals surface area contributed by atoms with Crippen molar-refractivity contribution in [3.05, 3.63) is 102 Å². The van der Waals surface area contributed by atoms with E-state index < -0.39 is 23.8 Å². The van der Waals surface area contributed by atoms with Crippen molar-refractivity contribution in [2.75, 3.05) is 25.1 Å². The zero-order valence-corrected chi connectivity index (χ0v) is 22.5. The Kier molecular flexibility index (Phi) is 11.3. The van der Waals surface area contributed by atoms with Gasteiger partial charge in [-0.2, -0.15) is 13.2 Å². The number of aromatic nitrogens is 1. The molecular formula is C29H29ClF3N3O5. The Morgan fingerprint density at radius 2 is 1.68 bits per heavy atom. The minimum atomic E-state index is -4.47. The van der Waals surface area contributed by atoms with Crippen LogP contribution in [0.3, 0.4) is 0 Å². The summed E-state index contributed by atoms with van der Waals surface area (Å²) in [6.45, 7) is 0.185. The fourth-order valence-corrected chi connectivity index (χ4v) is 3.89. The van der Waals surface area contributed by atoms with E-state index in [1.807, 2.05) is 18.2 Å². The summed E-state index contributed by atoms with van der Waals surface area (Å²) >= 11 is 0. The average Bonchev–Trinajstić information content (AvgIpc) is 3.45. The molecule has 3 aromatic carbocycles. The third-order valence-electron chi connectivity index (χ3n) is 6.00. The monoisotopic (exact) mass is 591 g/mol. The van der Waals surface area contributed by atoms with Gasteiger partial charge in [-0.05, 0) is 48.4 Å². The molecule has 1 heterocycles. The van der Waals surface area contributed by atoms with E-state index in [4.69, 9.17) is 9.15 Å². The lowest BCUT2D eigenvalue weighted by molar-refractivity contribution is -0.137. The van der Waals surface area contributed by atoms with Crippen LogP contribution < -0.4 is 15.4 Å². The minimum Gasteiger partial charge on any atom is -0.491 e. The van der Waals surface area contributed by atoms with Gasteiger partial charge >= 0.3 is 6.18 Å². The number of benzene rings is 3. The topological polar surface area (TPSA) is 117 Å². The van der Waals surface area contributed by atoms with Gasteiger partial charge in [-0.1, -0.05) is 42.5 Å². The lowest BCUT2D eigenvalue weighted by atomic mass is 10.1. The van der Waals surface area contributed by atoms with Crippen LogP contribution in [0.15, 0.2) is 89.7 Å². The van der Waals surface area contributed by atoms with Gasteiger partial charge in [0.25, 0.3) is 5.91 Å². The van der Waals surface area contributed by atoms with Crippen molar-refractivity contribution in [2.24, 2.45) is 0 Å². The summed E-state index contributed by atoms with van der Waals surface area (Å²) in [6, 6.07) is 20.0. The molecule has 4 N–H and O–H groups in total. The van der Waals surface area contributed by atoms with Crippen molar-refractivity contribution in [3.8, 4) is 17.1 Å². The Morgan fingerprint density at radius 3 is 2.32 bits per heavy atom. The SMILES string of the molecule is Cl.O=C(Nc1ccc(C[C@@H](CO)NC[C@H](O)COc2ccccc2)cc1)c1ncoc1-c1ccc(C(F)(F)F)cc1. The summed E-state index contributed by atoms with van der Waals surface area (Å²) in [5.41, 5.74) is 0.755. The number of halogens is 4. The number of rotatable bonds is 12. The molecule has 1 amide bonds. The Labute approximate surface area is 240 Å². The molecule has 0 saturated heterocycles. The quantitative estimate of drug-likeness (QED) is 0.184. The highest BCUT2D eigenvalue weighted by atomic mass is 35.5. The van der Waals surface area contributed by atoms with Crippen LogP contribution in [-0.4, -0.2) is 53.0 Å². The van der Waals surface area contributed by atoms with Crippen molar-refractivity contribution < 1.29 is 37.3 Å². The molecular weight excluding hydrogens is 563 g/mol. The van der Waals surface area contributed by atoms with Crippen LogP contribution >= 0.6 is 12.4 Å². The van der Waals surface area contributed by atoms with Gasteiger partial charge in [-0.3, -0.25) is 4.79 Å². The highest BCUT2D eigenvalue weighted by Gasteiger charge is 2.30. The zero-order chi connectivity index (χ0) is 28.5. The first kappa shape index (κ1) is 31.6. The number of hydrogen-bond acceptors (Lipinski definition) is 7. The Bertz CT molecular complexity index is 1370. The highest BCUT2D eigenvalue weighted by Crippen LogP contribution is 2.32. The number of carbonyl (C=O) groups excluding carboxylic acids is 1. The number of ether oxygens (including phenoxy) is 1. The summed E-state index contributed by atoms with van der Waals surface area (Å²) in [5.74, 6) is 0.126. The van der Waals surface area contributed by atoms with Gasteiger partial charge in [0.1, 0.15) is 18.5 Å². The second-order valence-electron chi connectivity index (χ2n) is 9.03. The average molecular weight is 592 g/mol. The first-order valence-corrected chi connectivity index (χ1v) is 12.4. The smallest absolute Gasteiger partial charge is 0.416 e. The maximum Gasteiger partial charge on any atom is 0.416 e. The van der Waals surface area contributed by atoms with Crippen molar-refractivity contribution in [3.63, 3.8) is 0 Å². The molecule has 0 fully saturated rings. The summed E-state index contributed by atoms with van der Waals surface area (Å²) < 4.78 is 49.4. The fraction of sp³-hybridized carbons (Fsp3) is 0.241. The molecule has 4 aromatic rings. The van der Waals surface area contributed by atoms with Gasteiger partial charge < -0.3 is 30.0 Å². The maximum absolute atomic E-state index is 12.9. The van der Waals surface area contributed by atoms with E-state index in [1.165, 1.54) is 12.1 Å². The van der Waals surface area contributed by atoms with Gasteiger partial charge in [0, 0.05) is 23.8 Å². The van der Waals surface area contributed by atoms with E-state index in [-0.39, 0.29) is 55.2 Å². The minimum absolute atomic E-state index is 0. The molecule has 0 bridgehead atoms. The Morgan fingerprint density at radius 1 is 1.00 bits per heavy atom. The van der Waals surface area contributed by atoms with Crippen LogP contribution in [0.2, 0.25) is 0 Å². The number of hydrogen-bond donors (Lipinski definition) is 4. The van der Waals surface area contributed by atoms with Gasteiger partial charge in [-0.15, -0.1) is 12.4 Å². The molecule has 0 radical (unpaired) electrons. The predicted octanol–water partition coefficient (Wildman–Crippen LogP) is 4.97. The van der Waals surface area contributed by atoms with Crippen LogP contribution in [0.5, 0.6) is 5.75 Å². The number of aliphatic hydroxyl groups is 2. The Hall–Kier alpha value is -3.90. The molecule has 8 nitrogen and oxygen atoms in total. The second kappa shape index (κ2) is 14.6. The highest BCUT2D eigenvalue weighted by molar-refractivity contribution is 6.06. The van der Waals surface area contributed by atoms with Crippen molar-refractivity contribution >= 4 is 24.0 Å². The van der Waals surface area contributed by atoms with E-state index in [9.17, 15) is 28.2 Å². The van der Waals surface area contributed by atoms with Crippen LogP contribution in [0.25, 0.3) is 11.3 Å². The van der Waals surface area contributed by atoms with Crippen LogP contribution in [0.1, 0.15) is 21.6 Å². The maximum atomic E-state index is 12.9. The number of anilines is 1. The molecule has 12 heteroatoms. The lowest BCUT2D eigenvalue weighted by Crippen LogP contribution is -2.41. The molecule has 0 aliphatic heterocycles. The summed E-state index contributed by atoms with van der Waals surface area (Å²) in [7, 11) is 0. The number of carbonyl (C=O) groups is 1. The van der Waals surface area contributed by atoms with Crippen molar-refractivity contribution in [1.29, 1.82) is 0 Å². The normalized spacial score (nSPS) is 12.7. The molecule has 0 aliphatic rings. The largest absolute Gasteiger partial charge is 0.491 e. The number of alkyl halides is 3. The standard InChI is InChI=1S/C29H28F3N3O5.ClH/c30-29(31,32)21-10-8-20(9-11-21)27-26(34-18-40-27)28(38)35-22-12-6-19(7-13-22)14-23(16-36)33-15-24(37)17-39-25-4-2-1-3-5-25;/h1-13,18,23-24,33,36-37H,14-17H2,(H,35,38);1H/t23-,24-;/m0./s1. The number of aliphatic hydroxyl groups excluding tert-OH is 2. The molecule has 218 valence electrons. The van der Waals surface area contributed by atoms with Gasteiger partial charge in [-0.25, -0.2) is 4.98 Å². The second-order valence-corrected chi connectivity index (χ2v) is 9.03. The molecule has 0 unspecified atom stereocenters. The van der Waals surface area contributed by atoms with Gasteiger partial charge in [0.15, 0.2) is 17.8 Å². The molecule has 0 aliphatic carbocycles. The Balaban J connectivity index is 0.00000462. The predicted molar refractivity (Wildman–Crippen MR) is 149 cm³/mol. The van der Waals surface area contributed by atoms with Gasteiger partial charge in [0.2, 0.25) is 0 Å². The third-order valence-corrected chi connectivity index (χ3v) is 6.00.